The molecule has 1 heteroatoms. The Labute approximate surface area is 128 Å². The Balaban J connectivity index is 2.10. The molecule has 0 fully saturated rings. The highest BCUT2D eigenvalue weighted by molar-refractivity contribution is 5.54. The number of allylic oxidation sites excluding steroid dienone is 1. The summed E-state index contributed by atoms with van der Waals surface area (Å²) in [7, 11) is 4.23. The second kappa shape index (κ2) is 7.80. The zero-order valence-electron chi connectivity index (χ0n) is 13.0. The second-order valence-corrected chi connectivity index (χ2v) is 5.71. The van der Waals surface area contributed by atoms with Crippen molar-refractivity contribution < 1.29 is 0 Å². The molecular weight excluding hydrogens is 254 g/mol. The van der Waals surface area contributed by atoms with Crippen LogP contribution in [0.1, 0.15) is 16.7 Å². The van der Waals surface area contributed by atoms with Gasteiger partial charge in [-0.15, -0.1) is 0 Å². The number of benzene rings is 2. The van der Waals surface area contributed by atoms with Crippen molar-refractivity contribution in [3.8, 4) is 0 Å². The lowest BCUT2D eigenvalue weighted by atomic mass is 9.97. The van der Waals surface area contributed by atoms with E-state index in [4.69, 9.17) is 0 Å². The van der Waals surface area contributed by atoms with Crippen LogP contribution in [0.2, 0.25) is 0 Å². The molecule has 0 aliphatic rings. The summed E-state index contributed by atoms with van der Waals surface area (Å²) in [6.45, 7) is 5.29. The quantitative estimate of drug-likeness (QED) is 0.763. The van der Waals surface area contributed by atoms with Gasteiger partial charge in [0, 0.05) is 6.54 Å². The van der Waals surface area contributed by atoms with Gasteiger partial charge in [-0.1, -0.05) is 66.2 Å². The van der Waals surface area contributed by atoms with E-state index in [0.29, 0.717) is 0 Å². The minimum absolute atomic E-state index is 0.915. The van der Waals surface area contributed by atoms with Gasteiger partial charge in [-0.25, -0.2) is 0 Å². The second-order valence-electron chi connectivity index (χ2n) is 5.71. The van der Waals surface area contributed by atoms with Gasteiger partial charge in [-0.3, -0.25) is 0 Å². The fourth-order valence-electron chi connectivity index (χ4n) is 2.40. The Kier molecular flexibility index (Phi) is 5.77. The van der Waals surface area contributed by atoms with E-state index in [-0.39, 0.29) is 0 Å². The third kappa shape index (κ3) is 5.20. The third-order valence-corrected chi connectivity index (χ3v) is 3.53. The van der Waals surface area contributed by atoms with Gasteiger partial charge in [0.1, 0.15) is 0 Å². The minimum Gasteiger partial charge on any atom is -0.309 e. The summed E-state index contributed by atoms with van der Waals surface area (Å²) in [5, 5.41) is 0. The topological polar surface area (TPSA) is 3.24 Å². The Bertz CT molecular complexity index is 582. The van der Waals surface area contributed by atoms with Gasteiger partial charge < -0.3 is 4.90 Å². The molecule has 0 amide bonds. The molecule has 2 aromatic rings. The van der Waals surface area contributed by atoms with E-state index in [1.54, 1.807) is 0 Å². The summed E-state index contributed by atoms with van der Waals surface area (Å²) in [5.41, 5.74) is 5.18. The van der Waals surface area contributed by atoms with Crippen molar-refractivity contribution in [3.63, 3.8) is 0 Å². The van der Waals surface area contributed by atoms with E-state index in [1.807, 2.05) is 6.07 Å². The van der Waals surface area contributed by atoms with Crippen LogP contribution >= 0.6 is 0 Å². The highest BCUT2D eigenvalue weighted by Gasteiger charge is 2.03. The predicted octanol–water partition coefficient (Wildman–Crippen LogP) is 4.25. The molecule has 2 aromatic carbocycles. The SMILES string of the molecule is [CH2]C(=Cc1ccccc1)Cc1ccccc1CCN(C)C. The molecule has 0 aromatic heterocycles. The van der Waals surface area contributed by atoms with E-state index in [1.165, 1.54) is 16.7 Å². The number of hydrogen-bond acceptors (Lipinski definition) is 1. The molecule has 0 saturated heterocycles. The molecule has 0 heterocycles. The number of hydrogen-bond donors (Lipinski definition) is 0. The first-order valence-electron chi connectivity index (χ1n) is 7.44. The molecule has 109 valence electrons. The van der Waals surface area contributed by atoms with Crippen LogP contribution in [0.3, 0.4) is 0 Å². The highest BCUT2D eigenvalue weighted by atomic mass is 15.0. The van der Waals surface area contributed by atoms with Crippen molar-refractivity contribution in [3.05, 3.63) is 83.8 Å². The van der Waals surface area contributed by atoms with E-state index >= 15 is 0 Å². The van der Waals surface area contributed by atoms with Crippen LogP contribution in [0.15, 0.2) is 60.2 Å². The van der Waals surface area contributed by atoms with E-state index in [0.717, 1.165) is 25.0 Å². The molecule has 1 nitrogen and oxygen atoms in total. The van der Waals surface area contributed by atoms with E-state index in [2.05, 4.69) is 80.5 Å². The lowest BCUT2D eigenvalue weighted by molar-refractivity contribution is 0.413. The zero-order chi connectivity index (χ0) is 15.1. The largest absolute Gasteiger partial charge is 0.309 e. The molecule has 0 atom stereocenters. The molecule has 0 N–H and O–H groups in total. The van der Waals surface area contributed by atoms with Crippen LogP contribution in [0, 0.1) is 6.92 Å². The van der Waals surface area contributed by atoms with Gasteiger partial charge in [-0.2, -0.15) is 0 Å². The molecular formula is C20H24N. The van der Waals surface area contributed by atoms with Crippen molar-refractivity contribution in [2.45, 2.75) is 12.8 Å². The van der Waals surface area contributed by atoms with E-state index in [9.17, 15) is 0 Å². The highest BCUT2D eigenvalue weighted by Crippen LogP contribution is 2.16. The fourth-order valence-corrected chi connectivity index (χ4v) is 2.40. The van der Waals surface area contributed by atoms with Gasteiger partial charge >= 0.3 is 0 Å². The predicted molar refractivity (Wildman–Crippen MR) is 92.2 cm³/mol. The summed E-state index contributed by atoms with van der Waals surface area (Å²) in [4.78, 5) is 2.22. The Morgan fingerprint density at radius 2 is 1.57 bits per heavy atom. The Hall–Kier alpha value is -1.86. The first-order valence-corrected chi connectivity index (χ1v) is 7.44. The third-order valence-electron chi connectivity index (χ3n) is 3.53. The maximum absolute atomic E-state index is 4.22. The summed E-state index contributed by atoms with van der Waals surface area (Å²) < 4.78 is 0. The van der Waals surface area contributed by atoms with Crippen LogP contribution in [-0.2, 0) is 12.8 Å². The average Bonchev–Trinajstić information content (AvgIpc) is 2.47. The number of rotatable bonds is 6. The maximum Gasteiger partial charge on any atom is 0.00158 e. The first-order chi connectivity index (χ1) is 10.1. The van der Waals surface area contributed by atoms with Crippen LogP contribution in [0.5, 0.6) is 0 Å². The summed E-state index contributed by atoms with van der Waals surface area (Å²) >= 11 is 0. The van der Waals surface area contributed by atoms with Crippen molar-refractivity contribution in [2.75, 3.05) is 20.6 Å². The molecule has 0 aliphatic heterocycles. The normalized spacial score (nSPS) is 11.9. The lowest BCUT2D eigenvalue weighted by Gasteiger charge is -2.13. The van der Waals surface area contributed by atoms with Gasteiger partial charge in [0.2, 0.25) is 0 Å². The molecule has 1 radical (unpaired) electrons. The van der Waals surface area contributed by atoms with Gasteiger partial charge in [-0.05, 0) is 50.6 Å². The molecule has 0 bridgehead atoms. The molecule has 0 unspecified atom stereocenters. The zero-order valence-corrected chi connectivity index (χ0v) is 13.0. The summed E-state index contributed by atoms with van der Waals surface area (Å²) in [6, 6.07) is 19.1. The number of likely N-dealkylation sites (N-methyl/N-ethyl adjacent to an activating group) is 1. The van der Waals surface area contributed by atoms with Crippen molar-refractivity contribution in [2.24, 2.45) is 0 Å². The Morgan fingerprint density at radius 1 is 0.952 bits per heavy atom. The Morgan fingerprint density at radius 3 is 2.24 bits per heavy atom. The van der Waals surface area contributed by atoms with Crippen LogP contribution in [-0.4, -0.2) is 25.5 Å². The average molecular weight is 278 g/mol. The van der Waals surface area contributed by atoms with Crippen molar-refractivity contribution in [1.29, 1.82) is 0 Å². The van der Waals surface area contributed by atoms with Crippen LogP contribution < -0.4 is 0 Å². The number of nitrogens with zero attached hydrogens (tertiary/aromatic N) is 1. The van der Waals surface area contributed by atoms with Gasteiger partial charge in [0.15, 0.2) is 0 Å². The van der Waals surface area contributed by atoms with Crippen molar-refractivity contribution >= 4 is 6.08 Å². The van der Waals surface area contributed by atoms with Crippen molar-refractivity contribution in [1.82, 2.24) is 4.90 Å². The first kappa shape index (κ1) is 15.5. The fraction of sp³-hybridized carbons (Fsp3) is 0.250. The maximum atomic E-state index is 4.22. The monoisotopic (exact) mass is 278 g/mol. The summed E-state index contributed by atoms with van der Waals surface area (Å²) in [6.07, 6.45) is 4.17. The van der Waals surface area contributed by atoms with E-state index < -0.39 is 0 Å². The molecule has 21 heavy (non-hydrogen) atoms. The summed E-state index contributed by atoms with van der Waals surface area (Å²) in [5.74, 6) is 0. The molecule has 0 aliphatic carbocycles. The van der Waals surface area contributed by atoms with Gasteiger partial charge in [0.05, 0.1) is 0 Å². The molecule has 2 rings (SSSR count). The van der Waals surface area contributed by atoms with Crippen LogP contribution in [0.25, 0.3) is 6.08 Å². The van der Waals surface area contributed by atoms with Crippen LogP contribution in [0.4, 0.5) is 0 Å². The lowest BCUT2D eigenvalue weighted by Crippen LogP contribution is -2.15. The smallest absolute Gasteiger partial charge is 0.00158 e. The molecule has 0 spiro atoms. The molecule has 0 saturated carbocycles. The van der Waals surface area contributed by atoms with Gasteiger partial charge in [0.25, 0.3) is 0 Å². The minimum atomic E-state index is 0.915. The standard InChI is InChI=1S/C20H24N/c1-17(15-18-9-5-4-6-10-18)16-20-12-8-7-11-19(20)13-14-21(2)3/h4-12,15H,1,13-14,16H2,2-3H3.